The Morgan fingerprint density at radius 3 is 3.12 bits per heavy atom. The molecule has 1 atom stereocenters. The van der Waals surface area contributed by atoms with Crippen molar-refractivity contribution >= 4 is 23.1 Å². The fourth-order valence-electron chi connectivity index (χ4n) is 1.07. The molecule has 0 aliphatic rings. The highest BCUT2D eigenvalue weighted by atomic mass is 32.2. The molecule has 0 aromatic carbocycles. The molecule has 1 rings (SSSR count). The van der Waals surface area contributed by atoms with Crippen LogP contribution in [0.25, 0.3) is 0 Å². The summed E-state index contributed by atoms with van der Waals surface area (Å²) in [4.78, 5) is 4.32. The van der Waals surface area contributed by atoms with Crippen LogP contribution in [0.5, 0.6) is 0 Å². The van der Waals surface area contributed by atoms with Crippen molar-refractivity contribution in [3.63, 3.8) is 0 Å². The second kappa shape index (κ2) is 8.03. The second-order valence-corrected chi connectivity index (χ2v) is 5.54. The minimum Gasteiger partial charge on any atom is -0.391 e. The lowest BCUT2D eigenvalue weighted by molar-refractivity contribution is 0.175. The highest BCUT2D eigenvalue weighted by Crippen LogP contribution is 2.22. The standard InChI is InChI=1S/C10H18N2O2S2/c1-8-6-15-10(12-8)16-7-9(13)5-11-3-4-14-2/h6,9,11,13H,3-5,7H2,1-2H3. The predicted molar refractivity (Wildman–Crippen MR) is 68.3 cm³/mol. The van der Waals surface area contributed by atoms with Gasteiger partial charge in [-0.25, -0.2) is 4.98 Å². The van der Waals surface area contributed by atoms with Gasteiger partial charge in [0.2, 0.25) is 0 Å². The molecule has 16 heavy (non-hydrogen) atoms. The van der Waals surface area contributed by atoms with Crippen LogP contribution in [0.4, 0.5) is 0 Å². The average Bonchev–Trinajstić information content (AvgIpc) is 2.68. The molecule has 0 radical (unpaired) electrons. The largest absolute Gasteiger partial charge is 0.391 e. The zero-order valence-corrected chi connectivity index (χ0v) is 11.2. The molecular formula is C10H18N2O2S2. The summed E-state index contributed by atoms with van der Waals surface area (Å²) >= 11 is 3.22. The third-order valence-corrected chi connectivity index (χ3v) is 4.14. The normalized spacial score (nSPS) is 12.9. The molecule has 1 unspecified atom stereocenters. The third-order valence-electron chi connectivity index (χ3n) is 1.86. The van der Waals surface area contributed by atoms with E-state index in [0.717, 1.165) is 16.6 Å². The second-order valence-electron chi connectivity index (χ2n) is 3.42. The molecule has 1 aromatic heterocycles. The van der Waals surface area contributed by atoms with Gasteiger partial charge in [0.25, 0.3) is 0 Å². The van der Waals surface area contributed by atoms with Gasteiger partial charge in [0.15, 0.2) is 0 Å². The fourth-order valence-corrected chi connectivity index (χ4v) is 2.87. The van der Waals surface area contributed by atoms with E-state index in [4.69, 9.17) is 4.74 Å². The smallest absolute Gasteiger partial charge is 0.150 e. The Labute approximate surface area is 104 Å². The van der Waals surface area contributed by atoms with Crippen molar-refractivity contribution in [2.45, 2.75) is 17.4 Å². The predicted octanol–water partition coefficient (Wildman–Crippen LogP) is 1.14. The van der Waals surface area contributed by atoms with E-state index >= 15 is 0 Å². The quantitative estimate of drug-likeness (QED) is 0.543. The third kappa shape index (κ3) is 5.81. The summed E-state index contributed by atoms with van der Waals surface area (Å²) in [7, 11) is 1.67. The molecular weight excluding hydrogens is 244 g/mol. The average molecular weight is 262 g/mol. The van der Waals surface area contributed by atoms with Crippen LogP contribution in [0, 0.1) is 6.92 Å². The summed E-state index contributed by atoms with van der Waals surface area (Å²) in [6, 6.07) is 0. The van der Waals surface area contributed by atoms with Crippen LogP contribution in [0.3, 0.4) is 0 Å². The lowest BCUT2D eigenvalue weighted by Crippen LogP contribution is -2.30. The van der Waals surface area contributed by atoms with Gasteiger partial charge in [-0.2, -0.15) is 0 Å². The molecule has 92 valence electrons. The number of rotatable bonds is 8. The van der Waals surface area contributed by atoms with Crippen molar-refractivity contribution in [3.05, 3.63) is 11.1 Å². The SMILES string of the molecule is COCCNCC(O)CSc1nc(C)cs1. The van der Waals surface area contributed by atoms with Crippen LogP contribution < -0.4 is 5.32 Å². The summed E-state index contributed by atoms with van der Waals surface area (Å²) in [5.74, 6) is 0.674. The molecule has 0 saturated carbocycles. The molecule has 0 fully saturated rings. The van der Waals surface area contributed by atoms with Gasteiger partial charge in [-0.3, -0.25) is 0 Å². The van der Waals surface area contributed by atoms with Crippen molar-refractivity contribution in [2.24, 2.45) is 0 Å². The van der Waals surface area contributed by atoms with Crippen molar-refractivity contribution in [2.75, 3.05) is 32.6 Å². The molecule has 0 saturated heterocycles. The van der Waals surface area contributed by atoms with Gasteiger partial charge in [0.05, 0.1) is 12.7 Å². The highest BCUT2D eigenvalue weighted by molar-refractivity contribution is 8.01. The molecule has 0 amide bonds. The highest BCUT2D eigenvalue weighted by Gasteiger charge is 2.06. The topological polar surface area (TPSA) is 54.4 Å². The van der Waals surface area contributed by atoms with Crippen molar-refractivity contribution in [1.29, 1.82) is 0 Å². The van der Waals surface area contributed by atoms with Crippen molar-refractivity contribution in [1.82, 2.24) is 10.3 Å². The number of ether oxygens (including phenoxy) is 1. The van der Waals surface area contributed by atoms with E-state index < -0.39 is 0 Å². The van der Waals surface area contributed by atoms with Crippen LogP contribution >= 0.6 is 23.1 Å². The van der Waals surface area contributed by atoms with Gasteiger partial charge in [0.1, 0.15) is 4.34 Å². The lowest BCUT2D eigenvalue weighted by Gasteiger charge is -2.10. The number of methoxy groups -OCH3 is 1. The van der Waals surface area contributed by atoms with E-state index in [1.165, 1.54) is 0 Å². The zero-order chi connectivity index (χ0) is 11.8. The summed E-state index contributed by atoms with van der Waals surface area (Å²) in [5, 5.41) is 14.8. The fraction of sp³-hybridized carbons (Fsp3) is 0.700. The number of nitrogens with zero attached hydrogens (tertiary/aromatic N) is 1. The number of aryl methyl sites for hydroxylation is 1. The number of nitrogens with one attached hydrogen (secondary N) is 1. The van der Waals surface area contributed by atoms with E-state index in [2.05, 4.69) is 10.3 Å². The Morgan fingerprint density at radius 2 is 2.50 bits per heavy atom. The van der Waals surface area contributed by atoms with Crippen LogP contribution in [0.15, 0.2) is 9.72 Å². The summed E-state index contributed by atoms with van der Waals surface area (Å²) in [5.41, 5.74) is 1.04. The van der Waals surface area contributed by atoms with E-state index in [-0.39, 0.29) is 6.10 Å². The van der Waals surface area contributed by atoms with Crippen molar-refractivity contribution in [3.8, 4) is 0 Å². The number of aliphatic hydroxyl groups is 1. The lowest BCUT2D eigenvalue weighted by atomic mass is 10.4. The van der Waals surface area contributed by atoms with Crippen LogP contribution in [0.1, 0.15) is 5.69 Å². The van der Waals surface area contributed by atoms with Gasteiger partial charge in [-0.15, -0.1) is 11.3 Å². The molecule has 1 heterocycles. The van der Waals surface area contributed by atoms with E-state index in [0.29, 0.717) is 18.9 Å². The van der Waals surface area contributed by atoms with E-state index in [1.807, 2.05) is 12.3 Å². The minimum absolute atomic E-state index is 0.342. The maximum absolute atomic E-state index is 9.67. The molecule has 6 heteroatoms. The first-order valence-electron chi connectivity index (χ1n) is 5.15. The molecule has 0 aliphatic carbocycles. The Bertz CT molecular complexity index is 294. The molecule has 4 nitrogen and oxygen atoms in total. The number of thioether (sulfide) groups is 1. The Hall–Kier alpha value is -0.140. The number of thiazole rings is 1. The molecule has 2 N–H and O–H groups in total. The minimum atomic E-state index is -0.342. The van der Waals surface area contributed by atoms with Crippen molar-refractivity contribution < 1.29 is 9.84 Å². The first-order chi connectivity index (χ1) is 7.72. The van der Waals surface area contributed by atoms with Crippen LogP contribution in [-0.4, -0.2) is 48.8 Å². The molecule has 0 spiro atoms. The van der Waals surface area contributed by atoms with Crippen LogP contribution in [-0.2, 0) is 4.74 Å². The number of hydrogen-bond acceptors (Lipinski definition) is 6. The van der Waals surface area contributed by atoms with Gasteiger partial charge < -0.3 is 15.2 Å². The Kier molecular flexibility index (Phi) is 6.98. The van der Waals surface area contributed by atoms with E-state index in [9.17, 15) is 5.11 Å². The maximum Gasteiger partial charge on any atom is 0.150 e. The summed E-state index contributed by atoms with van der Waals surface area (Å²) in [6.45, 7) is 4.02. The Balaban J connectivity index is 2.08. The molecule has 0 bridgehead atoms. The number of hydrogen-bond donors (Lipinski definition) is 2. The van der Waals surface area contributed by atoms with Gasteiger partial charge in [-0.1, -0.05) is 11.8 Å². The summed E-state index contributed by atoms with van der Waals surface area (Å²) in [6.07, 6.45) is -0.342. The first-order valence-corrected chi connectivity index (χ1v) is 7.01. The van der Waals surface area contributed by atoms with Crippen LogP contribution in [0.2, 0.25) is 0 Å². The summed E-state index contributed by atoms with van der Waals surface area (Å²) < 4.78 is 5.92. The maximum atomic E-state index is 9.67. The Morgan fingerprint density at radius 1 is 1.69 bits per heavy atom. The van der Waals surface area contributed by atoms with Gasteiger partial charge >= 0.3 is 0 Å². The first kappa shape index (κ1) is 13.9. The molecule has 0 aliphatic heterocycles. The number of aromatic nitrogens is 1. The van der Waals surface area contributed by atoms with E-state index in [1.54, 1.807) is 30.2 Å². The number of aliphatic hydroxyl groups excluding tert-OH is 1. The monoisotopic (exact) mass is 262 g/mol. The van der Waals surface area contributed by atoms with Gasteiger partial charge in [0, 0.05) is 37.0 Å². The molecule has 1 aromatic rings. The zero-order valence-electron chi connectivity index (χ0n) is 9.60. The van der Waals surface area contributed by atoms with Gasteiger partial charge in [-0.05, 0) is 6.92 Å².